The van der Waals surface area contributed by atoms with Crippen molar-refractivity contribution in [3.8, 4) is 17.1 Å². The molecule has 0 spiro atoms. The van der Waals surface area contributed by atoms with E-state index in [-0.39, 0.29) is 16.3 Å². The summed E-state index contributed by atoms with van der Waals surface area (Å²) in [6.07, 6.45) is 0. The summed E-state index contributed by atoms with van der Waals surface area (Å²) in [7, 11) is 0. The molecule has 0 saturated carbocycles. The Morgan fingerprint density at radius 2 is 2.00 bits per heavy atom. The Bertz CT molecular complexity index is 1020. The zero-order chi connectivity index (χ0) is 20.1. The lowest BCUT2D eigenvalue weighted by molar-refractivity contribution is -0.384. The van der Waals surface area contributed by atoms with Gasteiger partial charge in [0.15, 0.2) is 0 Å². The number of ether oxygens (including phenoxy) is 1. The molecule has 1 heterocycles. The molecule has 0 atom stereocenters. The van der Waals surface area contributed by atoms with Crippen molar-refractivity contribution in [1.82, 2.24) is 10.2 Å². The number of carbonyl (C=O) groups is 1. The predicted octanol–water partition coefficient (Wildman–Crippen LogP) is 4.36. The normalized spacial score (nSPS) is 10.4. The Hall–Kier alpha value is -3.52. The number of nitro groups is 1. The number of hydrogen-bond donors (Lipinski definition) is 1. The Morgan fingerprint density at radius 1 is 1.18 bits per heavy atom. The van der Waals surface area contributed by atoms with Gasteiger partial charge in [-0.15, -0.1) is 10.2 Å². The molecular formula is C19H15ClN4O4. The van der Waals surface area contributed by atoms with Crippen LogP contribution in [0.25, 0.3) is 11.3 Å². The van der Waals surface area contributed by atoms with Gasteiger partial charge in [0.2, 0.25) is 5.88 Å². The second-order valence-corrected chi connectivity index (χ2v) is 6.05. The van der Waals surface area contributed by atoms with Gasteiger partial charge < -0.3 is 10.1 Å². The van der Waals surface area contributed by atoms with Crippen molar-refractivity contribution in [1.29, 1.82) is 0 Å². The van der Waals surface area contributed by atoms with Crippen LogP contribution in [-0.4, -0.2) is 27.6 Å². The lowest BCUT2D eigenvalue weighted by Crippen LogP contribution is -2.12. The predicted molar refractivity (Wildman–Crippen MR) is 105 cm³/mol. The number of aromatic nitrogens is 2. The van der Waals surface area contributed by atoms with Crippen LogP contribution in [0.5, 0.6) is 5.88 Å². The van der Waals surface area contributed by atoms with Crippen molar-refractivity contribution in [3.63, 3.8) is 0 Å². The van der Waals surface area contributed by atoms with Crippen LogP contribution < -0.4 is 10.1 Å². The molecule has 8 nitrogen and oxygen atoms in total. The maximum atomic E-state index is 12.5. The lowest BCUT2D eigenvalue weighted by Gasteiger charge is -2.09. The number of rotatable bonds is 6. The zero-order valence-corrected chi connectivity index (χ0v) is 15.5. The summed E-state index contributed by atoms with van der Waals surface area (Å²) in [6, 6.07) is 14.2. The van der Waals surface area contributed by atoms with Crippen molar-refractivity contribution < 1.29 is 14.5 Å². The van der Waals surface area contributed by atoms with Crippen molar-refractivity contribution in [2.75, 3.05) is 11.9 Å². The molecule has 0 saturated heterocycles. The second-order valence-electron chi connectivity index (χ2n) is 5.65. The number of anilines is 1. The minimum absolute atomic E-state index is 0.000217. The minimum atomic E-state index is -0.575. The van der Waals surface area contributed by atoms with Crippen molar-refractivity contribution in [2.24, 2.45) is 0 Å². The molecule has 1 N–H and O–H groups in total. The smallest absolute Gasteiger partial charge is 0.270 e. The highest BCUT2D eigenvalue weighted by molar-refractivity contribution is 6.34. The van der Waals surface area contributed by atoms with Crippen LogP contribution in [0.3, 0.4) is 0 Å². The molecule has 28 heavy (non-hydrogen) atoms. The highest BCUT2D eigenvalue weighted by atomic mass is 35.5. The first-order valence-corrected chi connectivity index (χ1v) is 8.68. The SMILES string of the molecule is CCOc1ccc(-c2cccc(NC(=O)c3ccc([N+](=O)[O-])cc3Cl)c2)nn1. The topological polar surface area (TPSA) is 107 Å². The molecule has 0 aliphatic heterocycles. The number of nitrogens with zero attached hydrogens (tertiary/aromatic N) is 3. The van der Waals surface area contributed by atoms with E-state index in [4.69, 9.17) is 16.3 Å². The largest absolute Gasteiger partial charge is 0.477 e. The van der Waals surface area contributed by atoms with Gasteiger partial charge in [-0.2, -0.15) is 0 Å². The number of benzene rings is 2. The van der Waals surface area contributed by atoms with Gasteiger partial charge in [-0.3, -0.25) is 14.9 Å². The molecule has 3 aromatic rings. The molecule has 2 aromatic carbocycles. The van der Waals surface area contributed by atoms with Crippen LogP contribution >= 0.6 is 11.6 Å². The van der Waals surface area contributed by atoms with Crippen LogP contribution in [0.1, 0.15) is 17.3 Å². The Labute approximate surface area is 165 Å². The maximum Gasteiger partial charge on any atom is 0.270 e. The number of carbonyl (C=O) groups excluding carboxylic acids is 1. The van der Waals surface area contributed by atoms with E-state index < -0.39 is 10.8 Å². The maximum absolute atomic E-state index is 12.5. The number of hydrogen-bond acceptors (Lipinski definition) is 6. The van der Waals surface area contributed by atoms with E-state index in [9.17, 15) is 14.9 Å². The van der Waals surface area contributed by atoms with E-state index in [0.29, 0.717) is 23.9 Å². The quantitative estimate of drug-likeness (QED) is 0.488. The molecule has 1 aromatic heterocycles. The minimum Gasteiger partial charge on any atom is -0.477 e. The summed E-state index contributed by atoms with van der Waals surface area (Å²) in [5.41, 5.74) is 1.85. The van der Waals surface area contributed by atoms with Crippen LogP contribution in [0.15, 0.2) is 54.6 Å². The Morgan fingerprint density at radius 3 is 2.64 bits per heavy atom. The summed E-state index contributed by atoms with van der Waals surface area (Å²) in [5.74, 6) is -0.0432. The molecule has 1 amide bonds. The molecule has 0 aliphatic rings. The Balaban J connectivity index is 1.79. The van der Waals surface area contributed by atoms with Crippen LogP contribution in [0.4, 0.5) is 11.4 Å². The first-order valence-electron chi connectivity index (χ1n) is 8.30. The third kappa shape index (κ3) is 4.41. The van der Waals surface area contributed by atoms with Gasteiger partial charge >= 0.3 is 0 Å². The van der Waals surface area contributed by atoms with Crippen LogP contribution in [0.2, 0.25) is 5.02 Å². The lowest BCUT2D eigenvalue weighted by atomic mass is 10.1. The third-order valence-electron chi connectivity index (χ3n) is 3.76. The first kappa shape index (κ1) is 19.2. The number of amides is 1. The van der Waals surface area contributed by atoms with E-state index >= 15 is 0 Å². The molecule has 142 valence electrons. The van der Waals surface area contributed by atoms with E-state index in [1.807, 2.05) is 13.0 Å². The molecule has 3 rings (SSSR count). The second kappa shape index (κ2) is 8.45. The van der Waals surface area contributed by atoms with Gasteiger partial charge in [0, 0.05) is 29.4 Å². The van der Waals surface area contributed by atoms with Gasteiger partial charge in [-0.05, 0) is 31.2 Å². The van der Waals surface area contributed by atoms with E-state index in [0.717, 1.165) is 11.6 Å². The fourth-order valence-electron chi connectivity index (χ4n) is 2.46. The van der Waals surface area contributed by atoms with Gasteiger partial charge in [0.1, 0.15) is 0 Å². The molecule has 0 unspecified atom stereocenters. The summed E-state index contributed by atoms with van der Waals surface area (Å²) in [4.78, 5) is 22.7. The first-order chi connectivity index (χ1) is 13.5. The van der Waals surface area contributed by atoms with Crippen LogP contribution in [-0.2, 0) is 0 Å². The monoisotopic (exact) mass is 398 g/mol. The van der Waals surface area contributed by atoms with E-state index in [1.165, 1.54) is 12.1 Å². The number of non-ortho nitro benzene ring substituents is 1. The van der Waals surface area contributed by atoms with Gasteiger partial charge in [-0.1, -0.05) is 23.7 Å². The molecule has 0 fully saturated rings. The summed E-state index contributed by atoms with van der Waals surface area (Å²) >= 11 is 6.01. The van der Waals surface area contributed by atoms with Crippen molar-refractivity contribution in [3.05, 3.63) is 75.3 Å². The summed E-state index contributed by atoms with van der Waals surface area (Å²) < 4.78 is 5.27. The van der Waals surface area contributed by atoms with Crippen molar-refractivity contribution in [2.45, 2.75) is 6.92 Å². The van der Waals surface area contributed by atoms with Gasteiger partial charge in [-0.25, -0.2) is 0 Å². The number of nitrogens with one attached hydrogen (secondary N) is 1. The molecule has 0 radical (unpaired) electrons. The molecular weight excluding hydrogens is 384 g/mol. The molecule has 9 heteroatoms. The van der Waals surface area contributed by atoms with Crippen LogP contribution in [0, 0.1) is 10.1 Å². The van der Waals surface area contributed by atoms with Crippen molar-refractivity contribution >= 4 is 28.9 Å². The summed E-state index contributed by atoms with van der Waals surface area (Å²) in [5, 5.41) is 21.6. The van der Waals surface area contributed by atoms with Gasteiger partial charge in [0.05, 0.1) is 27.8 Å². The van der Waals surface area contributed by atoms with E-state index in [2.05, 4.69) is 15.5 Å². The molecule has 0 aliphatic carbocycles. The standard InChI is InChI=1S/C19H15ClN4O4/c1-2-28-18-9-8-17(22-23-18)12-4-3-5-13(10-12)21-19(25)15-7-6-14(24(26)27)11-16(15)20/h3-11H,2H2,1H3,(H,21,25). The number of nitro benzene ring substituents is 1. The summed E-state index contributed by atoms with van der Waals surface area (Å²) in [6.45, 7) is 2.36. The number of halogens is 1. The highest BCUT2D eigenvalue weighted by Crippen LogP contribution is 2.25. The average Bonchev–Trinajstić information content (AvgIpc) is 2.68. The third-order valence-corrected chi connectivity index (χ3v) is 4.07. The van der Waals surface area contributed by atoms with Gasteiger partial charge in [0.25, 0.3) is 11.6 Å². The highest BCUT2D eigenvalue weighted by Gasteiger charge is 2.15. The fraction of sp³-hybridized carbons (Fsp3) is 0.105. The fourth-order valence-corrected chi connectivity index (χ4v) is 2.72. The van der Waals surface area contributed by atoms with E-state index in [1.54, 1.807) is 30.3 Å². The zero-order valence-electron chi connectivity index (χ0n) is 14.8. The molecule has 0 bridgehead atoms. The Kier molecular flexibility index (Phi) is 5.81. The average molecular weight is 399 g/mol.